The van der Waals surface area contributed by atoms with Crippen molar-refractivity contribution in [2.24, 2.45) is 0 Å². The van der Waals surface area contributed by atoms with Gasteiger partial charge in [0.2, 0.25) is 0 Å². The Morgan fingerprint density at radius 1 is 0.500 bits per heavy atom. The van der Waals surface area contributed by atoms with Crippen LogP contribution in [0.3, 0.4) is 0 Å². The van der Waals surface area contributed by atoms with Crippen LogP contribution in [0.15, 0.2) is 109 Å². The molecule has 0 saturated carbocycles. The third-order valence-corrected chi connectivity index (χ3v) is 10.9. The molecule has 366 valence electrons. The Balaban J connectivity index is 4.23. The van der Waals surface area contributed by atoms with Crippen molar-refractivity contribution in [1.29, 1.82) is 0 Å². The van der Waals surface area contributed by atoms with Crippen LogP contribution in [0.4, 0.5) is 0 Å². The maximum atomic E-state index is 12.6. The number of aliphatic hydroxyl groups is 2. The second-order valence-corrected chi connectivity index (χ2v) is 17.5. The molecule has 0 aliphatic heterocycles. The van der Waals surface area contributed by atoms with Gasteiger partial charge in [-0.1, -0.05) is 194 Å². The molecule has 0 saturated heterocycles. The molecular formula is C54H91O9P. The molecule has 9 nitrogen and oxygen atoms in total. The number of esters is 1. The molecule has 0 aromatic rings. The molecule has 0 aliphatic carbocycles. The lowest BCUT2D eigenvalue weighted by Crippen LogP contribution is -2.29. The lowest BCUT2D eigenvalue weighted by atomic mass is 10.1. The first-order valence-electron chi connectivity index (χ1n) is 24.9. The van der Waals surface area contributed by atoms with Crippen LogP contribution in [0.25, 0.3) is 0 Å². The number of carbonyl (C=O) groups excluding carboxylic acids is 1. The summed E-state index contributed by atoms with van der Waals surface area (Å²) in [6, 6.07) is 0. The molecule has 0 aromatic heterocycles. The molecule has 0 amide bonds. The Kier molecular flexibility index (Phi) is 47.3. The summed E-state index contributed by atoms with van der Waals surface area (Å²) in [5.41, 5.74) is 0. The monoisotopic (exact) mass is 915 g/mol. The predicted octanol–water partition coefficient (Wildman–Crippen LogP) is 14.6. The minimum absolute atomic E-state index is 0.00770. The topological polar surface area (TPSA) is 132 Å². The number of carbonyl (C=O) groups is 1. The van der Waals surface area contributed by atoms with Crippen molar-refractivity contribution in [3.8, 4) is 0 Å². The van der Waals surface area contributed by atoms with E-state index in [1.807, 2.05) is 12.2 Å². The van der Waals surface area contributed by atoms with Crippen molar-refractivity contribution in [2.75, 3.05) is 33.0 Å². The van der Waals surface area contributed by atoms with Gasteiger partial charge < -0.3 is 24.6 Å². The molecule has 10 heteroatoms. The Morgan fingerprint density at radius 2 is 0.891 bits per heavy atom. The van der Waals surface area contributed by atoms with Gasteiger partial charge in [-0.05, 0) is 89.9 Å². The van der Waals surface area contributed by atoms with E-state index in [0.717, 1.165) is 77.0 Å². The quantitative estimate of drug-likeness (QED) is 0.0236. The van der Waals surface area contributed by atoms with E-state index in [0.29, 0.717) is 13.0 Å². The maximum Gasteiger partial charge on any atom is 0.472 e. The lowest BCUT2D eigenvalue weighted by molar-refractivity contribution is -0.154. The van der Waals surface area contributed by atoms with Crippen LogP contribution < -0.4 is 0 Å². The highest BCUT2D eigenvalue weighted by Crippen LogP contribution is 2.43. The average Bonchev–Trinajstić information content (AvgIpc) is 3.29. The van der Waals surface area contributed by atoms with E-state index < -0.39 is 45.8 Å². The van der Waals surface area contributed by atoms with Crippen molar-refractivity contribution in [2.45, 2.75) is 193 Å². The number of hydrogen-bond donors (Lipinski definition) is 3. The van der Waals surface area contributed by atoms with Gasteiger partial charge in [-0.25, -0.2) is 4.57 Å². The zero-order chi connectivity index (χ0) is 46.7. The van der Waals surface area contributed by atoms with Crippen molar-refractivity contribution >= 4 is 13.8 Å². The molecule has 0 aromatic carbocycles. The van der Waals surface area contributed by atoms with E-state index in [1.165, 1.54) is 77.0 Å². The van der Waals surface area contributed by atoms with Crippen LogP contribution in [-0.4, -0.2) is 66.3 Å². The largest absolute Gasteiger partial charge is 0.472 e. The third kappa shape index (κ3) is 48.6. The molecule has 0 radical (unpaired) electrons. The molecule has 64 heavy (non-hydrogen) atoms. The maximum absolute atomic E-state index is 12.6. The zero-order valence-corrected chi connectivity index (χ0v) is 41.1. The van der Waals surface area contributed by atoms with Gasteiger partial charge in [-0.3, -0.25) is 13.8 Å². The van der Waals surface area contributed by atoms with E-state index >= 15 is 0 Å². The van der Waals surface area contributed by atoms with Gasteiger partial charge in [0.15, 0.2) is 0 Å². The van der Waals surface area contributed by atoms with E-state index in [2.05, 4.69) is 111 Å². The van der Waals surface area contributed by atoms with Gasteiger partial charge in [-0.2, -0.15) is 0 Å². The zero-order valence-electron chi connectivity index (χ0n) is 40.2. The lowest BCUT2D eigenvalue weighted by Gasteiger charge is -2.20. The fraction of sp³-hybridized carbons (Fsp3) is 0.648. The summed E-state index contributed by atoms with van der Waals surface area (Å²) < 4.78 is 33.4. The SMILES string of the molecule is CC/C=C\C/C=C\C/C=C\C/C=C\C/C=C\C/C=C\CCC(=O)OC(COCCCCCCCCCCC/C=C\C/C=C\C/C=C\CCCCCCC)COP(=O)(O)OCC(O)CO. The Morgan fingerprint density at radius 3 is 1.34 bits per heavy atom. The standard InChI is InChI=1S/C54H91O9P/c1-3-5-7-9-11-13-15-17-19-21-23-24-25-26-27-29-31-33-35-37-39-41-43-45-47-60-50-53(51-62-64(58,59)61-49-52(56)48-55)63-54(57)46-44-42-40-38-36-34-32-30-28-22-20-18-16-14-12-10-8-6-4-2/h6,8,12,14-15,17-18,20-21,23,25-26,28,30,34,36,40,42,52-53,55-56H,3-5,7,9-11,13,16,19,22,24,27,29,31-33,35,37-39,41,43-51H2,1-2H3,(H,58,59)/b8-6-,14-12-,17-15-,20-18-,23-21-,26-25-,30-28-,36-34-,42-40-. The number of phosphoric acid groups is 1. The van der Waals surface area contributed by atoms with Gasteiger partial charge in [0.25, 0.3) is 0 Å². The predicted molar refractivity (Wildman–Crippen MR) is 269 cm³/mol. The number of hydrogen-bond acceptors (Lipinski definition) is 8. The van der Waals surface area contributed by atoms with Crippen molar-refractivity contribution in [3.63, 3.8) is 0 Å². The van der Waals surface area contributed by atoms with Gasteiger partial charge in [0.05, 0.1) is 26.4 Å². The summed E-state index contributed by atoms with van der Waals surface area (Å²) in [6.45, 7) is 3.26. The molecular weight excluding hydrogens is 824 g/mol. The van der Waals surface area contributed by atoms with Crippen LogP contribution in [0.5, 0.6) is 0 Å². The minimum Gasteiger partial charge on any atom is -0.457 e. The molecule has 0 bridgehead atoms. The van der Waals surface area contributed by atoms with Gasteiger partial charge in [0, 0.05) is 13.0 Å². The highest BCUT2D eigenvalue weighted by molar-refractivity contribution is 7.47. The van der Waals surface area contributed by atoms with Crippen molar-refractivity contribution < 1.29 is 43.0 Å². The van der Waals surface area contributed by atoms with E-state index in [9.17, 15) is 19.4 Å². The average molecular weight is 915 g/mol. The van der Waals surface area contributed by atoms with Gasteiger partial charge in [-0.15, -0.1) is 0 Å². The number of allylic oxidation sites excluding steroid dienone is 18. The van der Waals surface area contributed by atoms with Gasteiger partial charge in [0.1, 0.15) is 12.2 Å². The molecule has 0 rings (SSSR count). The summed E-state index contributed by atoms with van der Waals surface area (Å²) in [6.07, 6.45) is 65.0. The number of phosphoric ester groups is 1. The first-order chi connectivity index (χ1) is 31.3. The number of aliphatic hydroxyl groups excluding tert-OH is 2. The number of rotatable bonds is 46. The summed E-state index contributed by atoms with van der Waals surface area (Å²) in [5.74, 6) is -0.470. The Bertz CT molecular complexity index is 1360. The first-order valence-corrected chi connectivity index (χ1v) is 26.4. The van der Waals surface area contributed by atoms with Crippen molar-refractivity contribution in [1.82, 2.24) is 0 Å². The van der Waals surface area contributed by atoms with Gasteiger partial charge >= 0.3 is 13.8 Å². The molecule has 3 unspecified atom stereocenters. The molecule has 0 heterocycles. The van der Waals surface area contributed by atoms with Crippen LogP contribution in [-0.2, 0) is 27.9 Å². The fourth-order valence-electron chi connectivity index (χ4n) is 6.21. The van der Waals surface area contributed by atoms with Crippen LogP contribution in [0.1, 0.15) is 181 Å². The Labute approximate surface area is 390 Å². The first kappa shape index (κ1) is 61.1. The van der Waals surface area contributed by atoms with Crippen LogP contribution in [0, 0.1) is 0 Å². The highest BCUT2D eigenvalue weighted by atomic mass is 31.2. The molecule has 0 spiro atoms. The smallest absolute Gasteiger partial charge is 0.457 e. The second-order valence-electron chi connectivity index (χ2n) is 16.1. The van der Waals surface area contributed by atoms with E-state index in [-0.39, 0.29) is 13.0 Å². The molecule has 3 atom stereocenters. The Hall–Kier alpha value is -2.88. The molecule has 0 aliphatic rings. The number of unbranched alkanes of at least 4 members (excludes halogenated alkanes) is 14. The van der Waals surface area contributed by atoms with E-state index in [4.69, 9.17) is 23.6 Å². The summed E-state index contributed by atoms with van der Waals surface area (Å²) in [4.78, 5) is 22.6. The number of ether oxygens (including phenoxy) is 2. The summed E-state index contributed by atoms with van der Waals surface area (Å²) in [5, 5.41) is 18.4. The highest BCUT2D eigenvalue weighted by Gasteiger charge is 2.26. The minimum atomic E-state index is -4.55. The normalized spacial score (nSPS) is 14.8. The molecule has 3 N–H and O–H groups in total. The second kappa shape index (κ2) is 49.6. The van der Waals surface area contributed by atoms with E-state index in [1.54, 1.807) is 0 Å². The van der Waals surface area contributed by atoms with Crippen LogP contribution >= 0.6 is 7.82 Å². The van der Waals surface area contributed by atoms with Crippen molar-refractivity contribution in [3.05, 3.63) is 109 Å². The summed E-state index contributed by atoms with van der Waals surface area (Å²) in [7, 11) is -4.55. The molecule has 0 fully saturated rings. The third-order valence-electron chi connectivity index (χ3n) is 9.96. The summed E-state index contributed by atoms with van der Waals surface area (Å²) >= 11 is 0. The fourth-order valence-corrected chi connectivity index (χ4v) is 7.00. The van der Waals surface area contributed by atoms with Crippen LogP contribution in [0.2, 0.25) is 0 Å².